The monoisotopic (exact) mass is 193 g/mol. The van der Waals surface area contributed by atoms with Crippen LogP contribution in [0.1, 0.15) is 44.8 Å². The summed E-state index contributed by atoms with van der Waals surface area (Å²) in [5.41, 5.74) is 1.02. The quantitative estimate of drug-likeness (QED) is 0.704. The third-order valence-electron chi connectivity index (χ3n) is 2.26. The van der Waals surface area contributed by atoms with Gasteiger partial charge in [-0.25, -0.2) is 0 Å². The fourth-order valence-electron chi connectivity index (χ4n) is 1.33. The molecule has 0 amide bonds. The maximum atomic E-state index is 4.25. The van der Waals surface area contributed by atoms with Gasteiger partial charge in [0.2, 0.25) is 0 Å². The summed E-state index contributed by atoms with van der Waals surface area (Å²) in [5, 5.41) is 3.43. The molecule has 1 unspecified atom stereocenters. The molecule has 1 aromatic rings. The second-order valence-electron chi connectivity index (χ2n) is 3.51. The highest BCUT2D eigenvalue weighted by molar-refractivity contribution is 5.00. The van der Waals surface area contributed by atoms with Crippen LogP contribution in [0.3, 0.4) is 0 Å². The molecule has 0 aliphatic rings. The van der Waals surface area contributed by atoms with Gasteiger partial charge in [0.15, 0.2) is 0 Å². The van der Waals surface area contributed by atoms with Crippen LogP contribution >= 0.6 is 0 Å². The molecule has 0 saturated carbocycles. The van der Waals surface area contributed by atoms with Crippen LogP contribution in [0.15, 0.2) is 18.6 Å². The second kappa shape index (κ2) is 6.49. The topological polar surface area (TPSA) is 37.8 Å². The van der Waals surface area contributed by atoms with Crippen molar-refractivity contribution in [2.24, 2.45) is 0 Å². The van der Waals surface area contributed by atoms with Gasteiger partial charge in [-0.05, 0) is 19.9 Å². The van der Waals surface area contributed by atoms with Crippen LogP contribution in [-0.2, 0) is 0 Å². The molecule has 0 bridgehead atoms. The van der Waals surface area contributed by atoms with Gasteiger partial charge in [0.25, 0.3) is 0 Å². The maximum absolute atomic E-state index is 4.25. The molecule has 0 spiro atoms. The summed E-state index contributed by atoms with van der Waals surface area (Å²) < 4.78 is 0. The average molecular weight is 193 g/mol. The van der Waals surface area contributed by atoms with E-state index >= 15 is 0 Å². The van der Waals surface area contributed by atoms with Crippen molar-refractivity contribution < 1.29 is 0 Å². The third kappa shape index (κ3) is 3.83. The van der Waals surface area contributed by atoms with E-state index < -0.39 is 0 Å². The number of nitrogens with one attached hydrogen (secondary N) is 1. The SMILES string of the molecule is CCCCCNC(C)c1cnccn1. The first-order chi connectivity index (χ1) is 6.84. The Hall–Kier alpha value is -0.960. The third-order valence-corrected chi connectivity index (χ3v) is 2.26. The first kappa shape index (κ1) is 11.1. The van der Waals surface area contributed by atoms with Crippen LogP contribution in [0.4, 0.5) is 0 Å². The van der Waals surface area contributed by atoms with Crippen molar-refractivity contribution in [3.05, 3.63) is 24.3 Å². The molecule has 1 heterocycles. The molecule has 14 heavy (non-hydrogen) atoms. The fraction of sp³-hybridized carbons (Fsp3) is 0.636. The smallest absolute Gasteiger partial charge is 0.0753 e. The number of nitrogens with zero attached hydrogens (tertiary/aromatic N) is 2. The largest absolute Gasteiger partial charge is 0.309 e. The lowest BCUT2D eigenvalue weighted by Gasteiger charge is -2.12. The molecule has 0 aliphatic carbocycles. The molecule has 0 fully saturated rings. The van der Waals surface area contributed by atoms with Crippen LogP contribution in [-0.4, -0.2) is 16.5 Å². The summed E-state index contributed by atoms with van der Waals surface area (Å²) in [7, 11) is 0. The second-order valence-corrected chi connectivity index (χ2v) is 3.51. The Bertz CT molecular complexity index is 236. The average Bonchev–Trinajstić information content (AvgIpc) is 2.25. The number of aromatic nitrogens is 2. The molecule has 78 valence electrons. The lowest BCUT2D eigenvalue weighted by atomic mass is 10.2. The van der Waals surface area contributed by atoms with Gasteiger partial charge in [0.05, 0.1) is 5.69 Å². The summed E-state index contributed by atoms with van der Waals surface area (Å²) in [6.45, 7) is 5.40. The molecule has 1 rings (SSSR count). The van der Waals surface area contributed by atoms with Crippen molar-refractivity contribution in [2.75, 3.05) is 6.54 Å². The summed E-state index contributed by atoms with van der Waals surface area (Å²) in [5.74, 6) is 0. The standard InChI is InChI=1S/C11H19N3/c1-3-4-5-6-13-10(2)11-9-12-7-8-14-11/h7-10,13H,3-6H2,1-2H3. The molecule has 1 aromatic heterocycles. The van der Waals surface area contributed by atoms with E-state index in [1.165, 1.54) is 19.3 Å². The minimum Gasteiger partial charge on any atom is -0.309 e. The number of hydrogen-bond donors (Lipinski definition) is 1. The molecule has 1 atom stereocenters. The molecular weight excluding hydrogens is 174 g/mol. The number of rotatable bonds is 6. The van der Waals surface area contributed by atoms with E-state index in [1.54, 1.807) is 12.4 Å². The van der Waals surface area contributed by atoms with Crippen LogP contribution in [0.5, 0.6) is 0 Å². The lowest BCUT2D eigenvalue weighted by molar-refractivity contribution is 0.533. The summed E-state index contributed by atoms with van der Waals surface area (Å²) in [4.78, 5) is 8.30. The molecule has 0 aliphatic heterocycles. The van der Waals surface area contributed by atoms with Crippen molar-refractivity contribution in [2.45, 2.75) is 39.2 Å². The lowest BCUT2D eigenvalue weighted by Crippen LogP contribution is -2.20. The van der Waals surface area contributed by atoms with E-state index in [0.717, 1.165) is 12.2 Å². The molecule has 3 heteroatoms. The van der Waals surface area contributed by atoms with E-state index in [4.69, 9.17) is 0 Å². The van der Waals surface area contributed by atoms with Crippen LogP contribution in [0.25, 0.3) is 0 Å². The first-order valence-electron chi connectivity index (χ1n) is 5.34. The predicted molar refractivity (Wildman–Crippen MR) is 58.0 cm³/mol. The molecule has 0 radical (unpaired) electrons. The predicted octanol–water partition coefficient (Wildman–Crippen LogP) is 2.32. The highest BCUT2D eigenvalue weighted by atomic mass is 14.9. The fourth-order valence-corrected chi connectivity index (χ4v) is 1.33. The highest BCUT2D eigenvalue weighted by Crippen LogP contribution is 2.06. The first-order valence-corrected chi connectivity index (χ1v) is 5.34. The van der Waals surface area contributed by atoms with Crippen molar-refractivity contribution in [1.29, 1.82) is 0 Å². The molecule has 3 nitrogen and oxygen atoms in total. The van der Waals surface area contributed by atoms with Gasteiger partial charge < -0.3 is 5.32 Å². The van der Waals surface area contributed by atoms with Gasteiger partial charge in [-0.15, -0.1) is 0 Å². The Labute approximate surface area is 86.0 Å². The summed E-state index contributed by atoms with van der Waals surface area (Å²) in [6, 6.07) is 0.306. The number of hydrogen-bond acceptors (Lipinski definition) is 3. The number of unbranched alkanes of at least 4 members (excludes halogenated alkanes) is 2. The minimum absolute atomic E-state index is 0.306. The van der Waals surface area contributed by atoms with E-state index in [-0.39, 0.29) is 0 Å². The molecule has 0 saturated heterocycles. The van der Waals surface area contributed by atoms with Gasteiger partial charge in [0, 0.05) is 24.6 Å². The van der Waals surface area contributed by atoms with Gasteiger partial charge in [-0.3, -0.25) is 9.97 Å². The van der Waals surface area contributed by atoms with Crippen LogP contribution in [0.2, 0.25) is 0 Å². The van der Waals surface area contributed by atoms with Crippen LogP contribution in [0, 0.1) is 0 Å². The Morgan fingerprint density at radius 3 is 2.86 bits per heavy atom. The van der Waals surface area contributed by atoms with Crippen molar-refractivity contribution >= 4 is 0 Å². The van der Waals surface area contributed by atoms with Crippen molar-refractivity contribution in [3.8, 4) is 0 Å². The van der Waals surface area contributed by atoms with Gasteiger partial charge in [-0.2, -0.15) is 0 Å². The molecular formula is C11H19N3. The highest BCUT2D eigenvalue weighted by Gasteiger charge is 2.04. The summed E-state index contributed by atoms with van der Waals surface area (Å²) >= 11 is 0. The Morgan fingerprint density at radius 1 is 1.36 bits per heavy atom. The minimum atomic E-state index is 0.306. The zero-order chi connectivity index (χ0) is 10.2. The Balaban J connectivity index is 2.25. The molecule has 0 aromatic carbocycles. The molecule has 1 N–H and O–H groups in total. The van der Waals surface area contributed by atoms with E-state index in [9.17, 15) is 0 Å². The Morgan fingerprint density at radius 2 is 2.21 bits per heavy atom. The maximum Gasteiger partial charge on any atom is 0.0753 e. The van der Waals surface area contributed by atoms with E-state index in [2.05, 4.69) is 29.1 Å². The van der Waals surface area contributed by atoms with Gasteiger partial charge in [-0.1, -0.05) is 19.8 Å². The van der Waals surface area contributed by atoms with Gasteiger partial charge >= 0.3 is 0 Å². The van der Waals surface area contributed by atoms with Crippen molar-refractivity contribution in [1.82, 2.24) is 15.3 Å². The zero-order valence-corrected chi connectivity index (χ0v) is 9.03. The van der Waals surface area contributed by atoms with E-state index in [1.807, 2.05) is 6.20 Å². The summed E-state index contributed by atoms with van der Waals surface area (Å²) in [6.07, 6.45) is 9.05. The van der Waals surface area contributed by atoms with E-state index in [0.29, 0.717) is 6.04 Å². The zero-order valence-electron chi connectivity index (χ0n) is 9.03. The Kier molecular flexibility index (Phi) is 5.15. The van der Waals surface area contributed by atoms with Crippen LogP contribution < -0.4 is 5.32 Å². The van der Waals surface area contributed by atoms with Crippen molar-refractivity contribution in [3.63, 3.8) is 0 Å². The normalized spacial score (nSPS) is 12.7. The van der Waals surface area contributed by atoms with Gasteiger partial charge in [0.1, 0.15) is 0 Å².